The number of hydrogen-bond donors (Lipinski definition) is 1. The maximum absolute atomic E-state index is 11.9. The highest BCUT2D eigenvalue weighted by Crippen LogP contribution is 2.49. The number of halogens is 2. The van der Waals surface area contributed by atoms with Gasteiger partial charge in [0.05, 0.1) is 23.5 Å². The Morgan fingerprint density at radius 1 is 0.976 bits per heavy atom. The van der Waals surface area contributed by atoms with Gasteiger partial charge >= 0.3 is 5.97 Å². The van der Waals surface area contributed by atoms with Gasteiger partial charge in [-0.25, -0.2) is 4.79 Å². The van der Waals surface area contributed by atoms with Crippen molar-refractivity contribution in [3.05, 3.63) is 47.5 Å². The maximum Gasteiger partial charge on any atom is 0.335 e. The first-order valence-electron chi connectivity index (χ1n) is 15.3. The molecule has 1 saturated carbocycles. The van der Waals surface area contributed by atoms with Gasteiger partial charge in [0.1, 0.15) is 6.61 Å². The van der Waals surface area contributed by atoms with E-state index in [-0.39, 0.29) is 24.8 Å². The number of carboxylic acid groups (broad SMARTS) is 1. The number of nitrogens with zero attached hydrogens (tertiary/aromatic N) is 3. The van der Waals surface area contributed by atoms with E-state index in [1.54, 1.807) is 6.07 Å². The summed E-state index contributed by atoms with van der Waals surface area (Å²) in [5.41, 5.74) is 6.37. The molecule has 3 aliphatic rings. The molecule has 1 aromatic heterocycles. The molecule has 6 rings (SSSR count). The quantitative estimate of drug-likeness (QED) is 0.297. The molecule has 1 saturated heterocycles. The number of hydrogen-bond acceptors (Lipinski definition) is 4. The minimum atomic E-state index is -0.873. The van der Waals surface area contributed by atoms with Crippen LogP contribution in [0.25, 0.3) is 22.2 Å². The van der Waals surface area contributed by atoms with E-state index < -0.39 is 5.97 Å². The molecule has 41 heavy (non-hydrogen) atoms. The highest BCUT2D eigenvalue weighted by molar-refractivity contribution is 5.99. The van der Waals surface area contributed by atoms with Gasteiger partial charge in [0, 0.05) is 36.1 Å². The summed E-state index contributed by atoms with van der Waals surface area (Å²) in [6, 6.07) is 12.4. The summed E-state index contributed by atoms with van der Waals surface area (Å²) < 4.78 is 8.95. The standard InChI is InChI=1S/C33H43N3O3.2ClH/c1-2-35(20-19-34-17-8-3-4-9-18-34)28-14-10-13-27-31-30(24-11-6-5-7-12-24)26-16-15-25(33(37)38)23-29(26)36(31)21-22-39-32(27)28;;/h10,13-16,23-24H,2-9,11-12,17-22H2,1H3,(H,37,38);2*1H. The molecule has 1 aliphatic carbocycles. The van der Waals surface area contributed by atoms with Gasteiger partial charge in [-0.05, 0) is 81.4 Å². The van der Waals surface area contributed by atoms with Crippen molar-refractivity contribution in [3.8, 4) is 17.0 Å². The van der Waals surface area contributed by atoms with Crippen molar-refractivity contribution in [1.29, 1.82) is 0 Å². The fourth-order valence-corrected chi connectivity index (χ4v) is 7.26. The Kier molecular flexibility index (Phi) is 10.9. The van der Waals surface area contributed by atoms with Gasteiger partial charge in [0.25, 0.3) is 0 Å². The van der Waals surface area contributed by atoms with Crippen LogP contribution >= 0.6 is 24.8 Å². The fourth-order valence-electron chi connectivity index (χ4n) is 7.26. The largest absolute Gasteiger partial charge is 0.489 e. The third kappa shape index (κ3) is 6.35. The number of ether oxygens (including phenoxy) is 1. The minimum absolute atomic E-state index is 0. The lowest BCUT2D eigenvalue weighted by Gasteiger charge is -2.29. The average molecular weight is 603 g/mol. The number of benzene rings is 2. The predicted molar refractivity (Wildman–Crippen MR) is 173 cm³/mol. The summed E-state index contributed by atoms with van der Waals surface area (Å²) >= 11 is 0. The van der Waals surface area contributed by atoms with E-state index in [2.05, 4.69) is 45.6 Å². The molecule has 2 aromatic carbocycles. The van der Waals surface area contributed by atoms with Crippen LogP contribution in [0.4, 0.5) is 5.69 Å². The molecule has 3 heterocycles. The first-order valence-corrected chi connectivity index (χ1v) is 15.3. The molecule has 0 amide bonds. The Balaban J connectivity index is 0.00000194. The average Bonchev–Trinajstić information content (AvgIpc) is 3.13. The molecule has 0 bridgehead atoms. The highest BCUT2D eigenvalue weighted by atomic mass is 35.5. The molecule has 3 aromatic rings. The zero-order chi connectivity index (χ0) is 26.8. The van der Waals surface area contributed by atoms with Crippen LogP contribution in [-0.4, -0.2) is 59.9 Å². The number of rotatable bonds is 7. The van der Waals surface area contributed by atoms with Crippen LogP contribution < -0.4 is 9.64 Å². The van der Waals surface area contributed by atoms with Crippen molar-refractivity contribution < 1.29 is 14.6 Å². The Morgan fingerprint density at radius 2 is 1.71 bits per heavy atom. The Bertz CT molecular complexity index is 1330. The summed E-state index contributed by atoms with van der Waals surface area (Å²) in [6.07, 6.45) is 11.6. The fraction of sp³-hybridized carbons (Fsp3) is 0.545. The van der Waals surface area contributed by atoms with E-state index >= 15 is 0 Å². The normalized spacial score (nSPS) is 17.7. The zero-order valence-electron chi connectivity index (χ0n) is 24.3. The molecule has 0 radical (unpaired) electrons. The van der Waals surface area contributed by atoms with Crippen LogP contribution in [0.3, 0.4) is 0 Å². The summed E-state index contributed by atoms with van der Waals surface area (Å²) in [4.78, 5) is 17.0. The topological polar surface area (TPSA) is 57.9 Å². The van der Waals surface area contributed by atoms with E-state index in [1.807, 2.05) is 6.07 Å². The molecule has 0 spiro atoms. The summed E-state index contributed by atoms with van der Waals surface area (Å²) in [7, 11) is 0. The SMILES string of the molecule is CCN(CCN1CCCCCC1)c1cccc2c1OCCn1c-2c(C2CCCCC2)c2ccc(C(=O)O)cc21.Cl.Cl. The lowest BCUT2D eigenvalue weighted by Crippen LogP contribution is -2.36. The molecule has 0 unspecified atom stereocenters. The van der Waals surface area contributed by atoms with Gasteiger partial charge in [-0.2, -0.15) is 0 Å². The van der Waals surface area contributed by atoms with Gasteiger partial charge in [-0.15, -0.1) is 24.8 Å². The number of anilines is 1. The van der Waals surface area contributed by atoms with Crippen molar-refractivity contribution in [1.82, 2.24) is 9.47 Å². The van der Waals surface area contributed by atoms with Crippen LogP contribution in [-0.2, 0) is 6.54 Å². The molecule has 1 N–H and O–H groups in total. The number of carbonyl (C=O) groups is 1. The second kappa shape index (κ2) is 14.2. The van der Waals surface area contributed by atoms with Crippen LogP contribution in [0, 0.1) is 0 Å². The van der Waals surface area contributed by atoms with Gasteiger partial charge in [0.15, 0.2) is 5.75 Å². The summed E-state index contributed by atoms with van der Waals surface area (Å²) in [6.45, 7) is 8.99. The van der Waals surface area contributed by atoms with E-state index in [0.29, 0.717) is 18.1 Å². The van der Waals surface area contributed by atoms with Gasteiger partial charge in [0.2, 0.25) is 0 Å². The monoisotopic (exact) mass is 601 g/mol. The molecule has 6 nitrogen and oxygen atoms in total. The van der Waals surface area contributed by atoms with E-state index in [1.165, 1.54) is 93.2 Å². The molecule has 2 aliphatic heterocycles. The number of aromatic carboxylic acids is 1. The third-order valence-corrected chi connectivity index (χ3v) is 9.28. The van der Waals surface area contributed by atoms with E-state index in [4.69, 9.17) is 4.74 Å². The number of para-hydroxylation sites is 1. The zero-order valence-corrected chi connectivity index (χ0v) is 25.9. The molecule has 8 heteroatoms. The van der Waals surface area contributed by atoms with E-state index in [0.717, 1.165) is 43.0 Å². The summed E-state index contributed by atoms with van der Waals surface area (Å²) in [5, 5.41) is 11.0. The summed E-state index contributed by atoms with van der Waals surface area (Å²) in [5.74, 6) is 0.614. The Morgan fingerprint density at radius 3 is 2.41 bits per heavy atom. The third-order valence-electron chi connectivity index (χ3n) is 9.28. The maximum atomic E-state index is 11.9. The van der Waals surface area contributed by atoms with Crippen molar-refractivity contribution in [2.45, 2.75) is 77.2 Å². The molecule has 224 valence electrons. The first-order chi connectivity index (χ1) is 19.2. The predicted octanol–water partition coefficient (Wildman–Crippen LogP) is 7.99. The van der Waals surface area contributed by atoms with Gasteiger partial charge < -0.3 is 24.2 Å². The molecular weight excluding hydrogens is 557 g/mol. The smallest absolute Gasteiger partial charge is 0.335 e. The van der Waals surface area contributed by atoms with Gasteiger partial charge in [-0.1, -0.05) is 44.2 Å². The van der Waals surface area contributed by atoms with Crippen LogP contribution in [0.1, 0.15) is 86.6 Å². The van der Waals surface area contributed by atoms with Crippen LogP contribution in [0.2, 0.25) is 0 Å². The minimum Gasteiger partial charge on any atom is -0.489 e. The van der Waals surface area contributed by atoms with Crippen molar-refractivity contribution in [3.63, 3.8) is 0 Å². The number of aromatic nitrogens is 1. The second-order valence-electron chi connectivity index (χ2n) is 11.6. The molecule has 2 fully saturated rings. The Hall–Kier alpha value is -2.41. The highest BCUT2D eigenvalue weighted by Gasteiger charge is 2.31. The Labute approximate surface area is 256 Å². The number of fused-ring (bicyclic) bond motifs is 5. The van der Waals surface area contributed by atoms with Crippen molar-refractivity contribution >= 4 is 47.4 Å². The van der Waals surface area contributed by atoms with Crippen LogP contribution in [0.5, 0.6) is 5.75 Å². The van der Waals surface area contributed by atoms with Crippen LogP contribution in [0.15, 0.2) is 36.4 Å². The number of likely N-dealkylation sites (N-methyl/N-ethyl adjacent to an activating group) is 1. The lowest BCUT2D eigenvalue weighted by molar-refractivity contribution is 0.0697. The lowest BCUT2D eigenvalue weighted by atomic mass is 9.81. The van der Waals surface area contributed by atoms with Crippen molar-refractivity contribution in [2.75, 3.05) is 44.2 Å². The number of carboxylic acids is 1. The second-order valence-corrected chi connectivity index (χ2v) is 11.6. The molecule has 0 atom stereocenters. The van der Waals surface area contributed by atoms with Gasteiger partial charge in [-0.3, -0.25) is 0 Å². The van der Waals surface area contributed by atoms with Crippen molar-refractivity contribution in [2.24, 2.45) is 0 Å². The number of likely N-dealkylation sites (tertiary alicyclic amines) is 1. The van der Waals surface area contributed by atoms with E-state index in [9.17, 15) is 9.90 Å². The first kappa shape index (κ1) is 31.5. The molecular formula is C33H45Cl2N3O3.